The summed E-state index contributed by atoms with van der Waals surface area (Å²) in [5.41, 5.74) is 1.20. The number of carbonyl (C=O) groups is 1. The van der Waals surface area contributed by atoms with Gasteiger partial charge in [-0.05, 0) is 17.7 Å². The zero-order valence-corrected chi connectivity index (χ0v) is 14.6. The molecule has 2 aliphatic heterocycles. The average molecular weight is 364 g/mol. The van der Waals surface area contributed by atoms with Crippen molar-refractivity contribution in [2.75, 3.05) is 13.1 Å². The van der Waals surface area contributed by atoms with Crippen LogP contribution in [0.1, 0.15) is 17.7 Å². The Morgan fingerprint density at radius 2 is 2.20 bits per heavy atom. The zero-order chi connectivity index (χ0) is 17.4. The molecule has 2 aliphatic rings. The third-order valence-corrected chi connectivity index (χ3v) is 5.55. The Labute approximate surface area is 149 Å². The molecule has 0 bridgehead atoms. The zero-order valence-electron chi connectivity index (χ0n) is 13.8. The maximum Gasteiger partial charge on any atom is 0.391 e. The summed E-state index contributed by atoms with van der Waals surface area (Å²) in [5, 5.41) is 0. The van der Waals surface area contributed by atoms with E-state index >= 15 is 0 Å². The Bertz CT molecular complexity index is 794. The number of rotatable bonds is 6. The highest BCUT2D eigenvalue weighted by Gasteiger charge is 2.59. The van der Waals surface area contributed by atoms with Gasteiger partial charge in [-0.1, -0.05) is 12.1 Å². The first kappa shape index (κ1) is 16.6. The fraction of sp³-hybridized carbons (Fsp3) is 0.375. The molecule has 1 fully saturated rings. The highest BCUT2D eigenvalue weighted by molar-refractivity contribution is 7.94. The van der Waals surface area contributed by atoms with Crippen molar-refractivity contribution in [3.8, 4) is 0 Å². The molecule has 3 heterocycles. The van der Waals surface area contributed by atoms with Crippen LogP contribution in [0.5, 0.6) is 0 Å². The van der Waals surface area contributed by atoms with Gasteiger partial charge in [0.1, 0.15) is 12.4 Å². The summed E-state index contributed by atoms with van der Waals surface area (Å²) < 4.78 is 15.1. The second-order valence-corrected chi connectivity index (χ2v) is 7.22. The minimum atomic E-state index is -0.242. The van der Waals surface area contributed by atoms with Crippen LogP contribution >= 0.6 is 12.0 Å². The molecule has 2 atom stereocenters. The number of nitrogens with two attached hydrogens (primary N) is 1. The summed E-state index contributed by atoms with van der Waals surface area (Å²) >= 11 is 1.06. The number of benzene rings is 1. The summed E-state index contributed by atoms with van der Waals surface area (Å²) in [6.07, 6.45) is 4.61. The maximum absolute atomic E-state index is 11.9. The van der Waals surface area contributed by atoms with Gasteiger partial charge in [0.05, 0.1) is 25.6 Å². The Kier molecular flexibility index (Phi) is 4.26. The molecule has 0 spiro atoms. The monoisotopic (exact) mass is 364 g/mol. The lowest BCUT2D eigenvalue weighted by Crippen LogP contribution is -2.47. The van der Waals surface area contributed by atoms with Gasteiger partial charge in [0, 0.05) is 11.3 Å². The van der Waals surface area contributed by atoms with Crippen LogP contribution in [0.2, 0.25) is 0 Å². The van der Waals surface area contributed by atoms with Crippen molar-refractivity contribution in [3.05, 3.63) is 48.0 Å². The molecule has 0 radical (unpaired) electrons. The largest absolute Gasteiger partial charge is 0.391 e. The predicted octanol–water partition coefficient (Wildman–Crippen LogP) is 0.728. The number of hydrogen-bond acceptors (Lipinski definition) is 6. The Morgan fingerprint density at radius 1 is 1.40 bits per heavy atom. The number of carbonyl (C=O) groups excluding carboxylic acids is 1. The molecule has 0 amide bonds. The van der Waals surface area contributed by atoms with E-state index < -0.39 is 0 Å². The summed E-state index contributed by atoms with van der Waals surface area (Å²) in [4.78, 5) is 16.9. The molecule has 132 valence electrons. The van der Waals surface area contributed by atoms with E-state index in [-0.39, 0.29) is 12.3 Å². The van der Waals surface area contributed by atoms with Crippen LogP contribution in [-0.4, -0.2) is 28.1 Å². The van der Waals surface area contributed by atoms with Crippen LogP contribution in [0.15, 0.2) is 41.6 Å². The van der Waals surface area contributed by atoms with Crippen molar-refractivity contribution in [1.82, 2.24) is 4.57 Å². The number of nitrogens with zero attached hydrogens (tertiary/aromatic N) is 3. The van der Waals surface area contributed by atoms with Gasteiger partial charge in [-0.15, -0.1) is 13.9 Å². The normalized spacial score (nSPS) is 24.2. The van der Waals surface area contributed by atoms with Gasteiger partial charge < -0.3 is 4.74 Å². The van der Waals surface area contributed by atoms with Crippen molar-refractivity contribution in [2.45, 2.75) is 24.2 Å². The Hall–Kier alpha value is -1.91. The Balaban J connectivity index is 1.47. The number of ether oxygens (including phenoxy) is 1. The highest BCUT2D eigenvalue weighted by Crippen LogP contribution is 2.39. The average Bonchev–Trinajstić information content (AvgIpc) is 3.21. The van der Waals surface area contributed by atoms with E-state index in [1.807, 2.05) is 43.7 Å². The van der Waals surface area contributed by atoms with E-state index in [9.17, 15) is 4.79 Å². The van der Waals surface area contributed by atoms with Crippen molar-refractivity contribution < 1.29 is 27.9 Å². The first-order valence-electron chi connectivity index (χ1n) is 8.01. The fourth-order valence-electron chi connectivity index (χ4n) is 3.65. The molecule has 1 aromatic heterocycles. The first-order valence-corrected chi connectivity index (χ1v) is 8.75. The van der Waals surface area contributed by atoms with Crippen molar-refractivity contribution in [1.29, 1.82) is 0 Å². The van der Waals surface area contributed by atoms with Gasteiger partial charge >= 0.3 is 18.1 Å². The molecule has 0 saturated carbocycles. The number of aryl methyl sites for hydroxylation is 1. The summed E-state index contributed by atoms with van der Waals surface area (Å²) in [5.74, 6) is 5.89. The van der Waals surface area contributed by atoms with Crippen LogP contribution in [0, 0.1) is 0 Å². The molecule has 2 unspecified atom stereocenters. The number of hydrogen-bond donors (Lipinski definition) is 1. The van der Waals surface area contributed by atoms with Gasteiger partial charge in [0.25, 0.3) is 0 Å². The number of imidazole rings is 1. The standard InChI is InChI=1S/C16H20N4O4S/c1-18-7-8-19-14(18)10-20(11-15(21)22-16(19)20)9-6-12-2-4-13(5-3-12)25-24-23-17/h2-5,7-8,16H,6,9-11,17H2,1H3/q+2. The SMILES string of the molecule is C[n+]1ccn2c1C[N+]1(CCc3ccc(SOON)cc3)CC(=O)OC21. The molecule has 25 heavy (non-hydrogen) atoms. The minimum Gasteiger partial charge on any atom is -0.369 e. The lowest BCUT2D eigenvalue weighted by atomic mass is 10.1. The molecule has 4 rings (SSSR count). The molecular formula is C16H20N4O4S+2. The van der Waals surface area contributed by atoms with Crippen LogP contribution in [0.3, 0.4) is 0 Å². The number of esters is 1. The van der Waals surface area contributed by atoms with E-state index in [1.54, 1.807) is 0 Å². The number of fused-ring (bicyclic) bond motifs is 3. The molecule has 1 saturated heterocycles. The number of quaternary nitrogens is 1. The molecular weight excluding hydrogens is 344 g/mol. The maximum atomic E-state index is 11.9. The van der Waals surface area contributed by atoms with Crippen LogP contribution < -0.4 is 10.5 Å². The van der Waals surface area contributed by atoms with E-state index in [0.717, 1.165) is 36.4 Å². The topological polar surface area (TPSA) is 79.6 Å². The smallest absolute Gasteiger partial charge is 0.369 e. The van der Waals surface area contributed by atoms with Crippen LogP contribution in [-0.2, 0) is 38.9 Å². The van der Waals surface area contributed by atoms with Gasteiger partial charge in [-0.3, -0.25) is 0 Å². The third-order valence-electron chi connectivity index (χ3n) is 4.94. The Morgan fingerprint density at radius 3 is 2.96 bits per heavy atom. The molecule has 0 aliphatic carbocycles. The number of aromatic nitrogens is 2. The molecule has 1 aromatic carbocycles. The summed E-state index contributed by atoms with van der Waals surface area (Å²) in [6, 6.07) is 8.00. The molecule has 2 aromatic rings. The first-order chi connectivity index (χ1) is 12.1. The van der Waals surface area contributed by atoms with Crippen LogP contribution in [0.4, 0.5) is 0 Å². The van der Waals surface area contributed by atoms with E-state index in [1.165, 1.54) is 11.4 Å². The summed E-state index contributed by atoms with van der Waals surface area (Å²) in [7, 11) is 2.02. The molecule has 9 heteroatoms. The van der Waals surface area contributed by atoms with Gasteiger partial charge in [-0.2, -0.15) is 5.90 Å². The lowest BCUT2D eigenvalue weighted by Gasteiger charge is -2.27. The lowest BCUT2D eigenvalue weighted by molar-refractivity contribution is -0.971. The molecule has 8 nitrogen and oxygen atoms in total. The third kappa shape index (κ3) is 2.94. The summed E-state index contributed by atoms with van der Waals surface area (Å²) in [6.45, 7) is 2.06. The molecule has 2 N–H and O–H groups in total. The fourth-order valence-corrected chi connectivity index (χ4v) is 4.01. The van der Waals surface area contributed by atoms with Crippen molar-refractivity contribution in [2.24, 2.45) is 12.9 Å². The van der Waals surface area contributed by atoms with E-state index in [2.05, 4.69) is 18.5 Å². The van der Waals surface area contributed by atoms with Crippen molar-refractivity contribution >= 4 is 18.0 Å². The van der Waals surface area contributed by atoms with Gasteiger partial charge in [0.2, 0.25) is 0 Å². The second-order valence-electron chi connectivity index (χ2n) is 6.45. The van der Waals surface area contributed by atoms with Crippen LogP contribution in [0.25, 0.3) is 0 Å². The van der Waals surface area contributed by atoms with E-state index in [0.29, 0.717) is 11.0 Å². The predicted molar refractivity (Wildman–Crippen MR) is 86.8 cm³/mol. The van der Waals surface area contributed by atoms with Gasteiger partial charge in [-0.25, -0.2) is 13.8 Å². The quantitative estimate of drug-likeness (QED) is 0.203. The highest BCUT2D eigenvalue weighted by atomic mass is 32.2. The van der Waals surface area contributed by atoms with Crippen molar-refractivity contribution in [3.63, 3.8) is 0 Å². The van der Waals surface area contributed by atoms with E-state index in [4.69, 9.17) is 10.6 Å². The van der Waals surface area contributed by atoms with Gasteiger partial charge in [0.15, 0.2) is 13.1 Å². The second kappa shape index (κ2) is 6.43. The minimum absolute atomic E-state index is 0.127.